The van der Waals surface area contributed by atoms with Crippen molar-refractivity contribution in [2.24, 2.45) is 5.92 Å². The van der Waals surface area contributed by atoms with Crippen LogP contribution in [0.25, 0.3) is 21.9 Å². The molecule has 0 aliphatic carbocycles. The van der Waals surface area contributed by atoms with E-state index in [0.29, 0.717) is 29.9 Å². The van der Waals surface area contributed by atoms with Gasteiger partial charge in [0.05, 0.1) is 21.9 Å². The number of para-hydroxylation sites is 3. The number of nitrogens with one attached hydrogen (secondary N) is 1. The first kappa shape index (κ1) is 26.2. The Hall–Kier alpha value is -4.04. The van der Waals surface area contributed by atoms with E-state index in [2.05, 4.69) is 26.6 Å². The van der Waals surface area contributed by atoms with Crippen LogP contribution in [0.5, 0.6) is 0 Å². The number of aromatic nitrogens is 4. The summed E-state index contributed by atoms with van der Waals surface area (Å²) in [5, 5.41) is 0.551. The average Bonchev–Trinajstić information content (AvgIpc) is 3.31. The maximum Gasteiger partial charge on any atom is 0.328 e. The summed E-state index contributed by atoms with van der Waals surface area (Å²) in [6, 6.07) is 22.1. The fraction of sp³-hybridized carbons (Fsp3) is 0.344. The molecule has 6 rings (SSSR count). The molecule has 3 heterocycles. The van der Waals surface area contributed by atoms with Crippen LogP contribution in [0.2, 0.25) is 0 Å². The summed E-state index contributed by atoms with van der Waals surface area (Å²) < 4.78 is 17.1. The molecule has 8 heteroatoms. The lowest BCUT2D eigenvalue weighted by atomic mass is 9.93. The van der Waals surface area contributed by atoms with Gasteiger partial charge >= 0.3 is 5.69 Å². The van der Waals surface area contributed by atoms with E-state index in [4.69, 9.17) is 4.98 Å². The van der Waals surface area contributed by atoms with E-state index in [9.17, 15) is 14.0 Å². The molecule has 1 saturated heterocycles. The summed E-state index contributed by atoms with van der Waals surface area (Å²) in [6.07, 6.45) is 4.88. The zero-order chi connectivity index (χ0) is 27.5. The van der Waals surface area contributed by atoms with Gasteiger partial charge in [0, 0.05) is 19.5 Å². The summed E-state index contributed by atoms with van der Waals surface area (Å²) in [5.74, 6) is 1.44. The maximum atomic E-state index is 13.4. The highest BCUT2D eigenvalue weighted by Crippen LogP contribution is 2.25. The molecule has 3 aromatic carbocycles. The quantitative estimate of drug-likeness (QED) is 0.269. The molecule has 0 saturated carbocycles. The number of benzene rings is 3. The first-order valence-electron chi connectivity index (χ1n) is 14.2. The Balaban J connectivity index is 1.03. The number of rotatable bonds is 9. The number of halogens is 1. The Labute approximate surface area is 231 Å². The number of fused-ring (bicyclic) bond motifs is 2. The van der Waals surface area contributed by atoms with Crippen molar-refractivity contribution in [3.8, 4) is 0 Å². The van der Waals surface area contributed by atoms with E-state index in [-0.39, 0.29) is 17.1 Å². The van der Waals surface area contributed by atoms with Gasteiger partial charge in [-0.2, -0.15) is 0 Å². The highest BCUT2D eigenvalue weighted by atomic mass is 19.1. The standard InChI is InChI=1S/C32H34FN5O2/c33-25-13-11-24(12-14-25)22-38-29-10-4-3-9-28(29)34-30(38)21-23-15-19-36(20-16-23)17-5-6-18-37-31(39)26-7-1-2-8-27(26)35-32(37)40/h1-4,7-14,23H,5-6,15-22H2,(H,35,40). The van der Waals surface area contributed by atoms with Crippen LogP contribution in [0.1, 0.15) is 37.1 Å². The number of hydrogen-bond acceptors (Lipinski definition) is 4. The predicted octanol–water partition coefficient (Wildman–Crippen LogP) is 4.96. The van der Waals surface area contributed by atoms with Crippen LogP contribution in [0.3, 0.4) is 0 Å². The molecule has 1 N–H and O–H groups in total. The van der Waals surface area contributed by atoms with Crippen LogP contribution < -0.4 is 11.2 Å². The van der Waals surface area contributed by atoms with E-state index < -0.39 is 0 Å². The van der Waals surface area contributed by atoms with Crippen LogP contribution in [0.4, 0.5) is 4.39 Å². The molecule has 2 aromatic heterocycles. The second kappa shape index (κ2) is 11.6. The van der Waals surface area contributed by atoms with E-state index in [1.165, 1.54) is 16.7 Å². The second-order valence-corrected chi connectivity index (χ2v) is 10.9. The van der Waals surface area contributed by atoms with Crippen molar-refractivity contribution in [1.82, 2.24) is 24.0 Å². The highest BCUT2D eigenvalue weighted by molar-refractivity contribution is 5.77. The van der Waals surface area contributed by atoms with Crippen molar-refractivity contribution in [2.75, 3.05) is 19.6 Å². The molecule has 1 fully saturated rings. The normalized spacial score (nSPS) is 14.8. The van der Waals surface area contributed by atoms with Crippen molar-refractivity contribution >= 4 is 21.9 Å². The van der Waals surface area contributed by atoms with E-state index in [1.54, 1.807) is 12.1 Å². The molecule has 0 radical (unpaired) electrons. The molecule has 1 aliphatic heterocycles. The third-order valence-corrected chi connectivity index (χ3v) is 8.16. The molecule has 0 unspecified atom stereocenters. The summed E-state index contributed by atoms with van der Waals surface area (Å²) in [7, 11) is 0. The minimum atomic E-state index is -0.338. The SMILES string of the molecule is O=c1[nH]c2ccccc2c(=O)n1CCCCN1CCC(Cc2nc3ccccc3n2Cc2ccc(F)cc2)CC1. The summed E-state index contributed by atoms with van der Waals surface area (Å²) >= 11 is 0. The number of piperidine rings is 1. The Morgan fingerprint density at radius 2 is 1.57 bits per heavy atom. The lowest BCUT2D eigenvalue weighted by Crippen LogP contribution is -2.36. The van der Waals surface area contributed by atoms with Crippen molar-refractivity contribution in [2.45, 2.75) is 45.2 Å². The highest BCUT2D eigenvalue weighted by Gasteiger charge is 2.22. The smallest absolute Gasteiger partial charge is 0.323 e. The lowest BCUT2D eigenvalue weighted by Gasteiger charge is -2.32. The van der Waals surface area contributed by atoms with Gasteiger partial charge in [0.1, 0.15) is 11.6 Å². The van der Waals surface area contributed by atoms with Gasteiger partial charge in [0.15, 0.2) is 0 Å². The first-order valence-corrected chi connectivity index (χ1v) is 14.2. The molecule has 1 aliphatic rings. The summed E-state index contributed by atoms with van der Waals surface area (Å²) in [4.78, 5) is 35.4. The minimum Gasteiger partial charge on any atom is -0.323 e. The van der Waals surface area contributed by atoms with Gasteiger partial charge < -0.3 is 14.5 Å². The van der Waals surface area contributed by atoms with Crippen LogP contribution in [-0.4, -0.2) is 43.6 Å². The van der Waals surface area contributed by atoms with Gasteiger partial charge in [0.25, 0.3) is 5.56 Å². The Bertz CT molecular complexity index is 1730. The molecule has 0 spiro atoms. The van der Waals surface area contributed by atoms with Crippen LogP contribution in [0.15, 0.2) is 82.4 Å². The second-order valence-electron chi connectivity index (χ2n) is 10.9. The maximum absolute atomic E-state index is 13.4. The van der Waals surface area contributed by atoms with Crippen molar-refractivity contribution in [3.05, 3.63) is 111 Å². The Kier molecular flexibility index (Phi) is 7.60. The number of nitrogens with zero attached hydrogens (tertiary/aromatic N) is 4. The van der Waals surface area contributed by atoms with Gasteiger partial charge in [-0.1, -0.05) is 36.4 Å². The number of imidazole rings is 1. The summed E-state index contributed by atoms with van der Waals surface area (Å²) in [5.41, 5.74) is 3.21. The number of H-pyrrole nitrogens is 1. The van der Waals surface area contributed by atoms with Crippen molar-refractivity contribution in [3.63, 3.8) is 0 Å². The molecular weight excluding hydrogens is 505 g/mol. The topological polar surface area (TPSA) is 75.9 Å². The number of aromatic amines is 1. The number of hydrogen-bond donors (Lipinski definition) is 1. The molecular formula is C32H34FN5O2. The monoisotopic (exact) mass is 539 g/mol. The minimum absolute atomic E-state index is 0.217. The van der Waals surface area contributed by atoms with Crippen molar-refractivity contribution < 1.29 is 4.39 Å². The van der Waals surface area contributed by atoms with E-state index in [0.717, 1.165) is 74.2 Å². The van der Waals surface area contributed by atoms with Gasteiger partial charge in [-0.05, 0) is 93.2 Å². The van der Waals surface area contributed by atoms with Gasteiger partial charge in [-0.25, -0.2) is 14.2 Å². The largest absolute Gasteiger partial charge is 0.328 e. The molecule has 206 valence electrons. The average molecular weight is 540 g/mol. The molecule has 5 aromatic rings. The van der Waals surface area contributed by atoms with Gasteiger partial charge in [0.2, 0.25) is 0 Å². The van der Waals surface area contributed by atoms with Crippen LogP contribution in [0, 0.1) is 11.7 Å². The zero-order valence-corrected chi connectivity index (χ0v) is 22.6. The Morgan fingerprint density at radius 3 is 2.40 bits per heavy atom. The van der Waals surface area contributed by atoms with Gasteiger partial charge in [-0.15, -0.1) is 0 Å². The lowest BCUT2D eigenvalue weighted by molar-refractivity contribution is 0.179. The van der Waals surface area contributed by atoms with E-state index >= 15 is 0 Å². The molecule has 0 amide bonds. The predicted molar refractivity (Wildman–Crippen MR) is 156 cm³/mol. The third-order valence-electron chi connectivity index (χ3n) is 8.16. The fourth-order valence-electron chi connectivity index (χ4n) is 5.91. The molecule has 0 bridgehead atoms. The third kappa shape index (κ3) is 5.63. The van der Waals surface area contributed by atoms with E-state index in [1.807, 2.05) is 36.4 Å². The number of likely N-dealkylation sites (tertiary alicyclic amines) is 1. The number of unbranched alkanes of at least 4 members (excludes halogenated alkanes) is 1. The van der Waals surface area contributed by atoms with Gasteiger partial charge in [-0.3, -0.25) is 9.36 Å². The molecule has 0 atom stereocenters. The zero-order valence-electron chi connectivity index (χ0n) is 22.6. The van der Waals surface area contributed by atoms with Crippen LogP contribution >= 0.6 is 0 Å². The molecule has 7 nitrogen and oxygen atoms in total. The first-order chi connectivity index (χ1) is 19.5. The fourth-order valence-corrected chi connectivity index (χ4v) is 5.91. The van der Waals surface area contributed by atoms with Crippen LogP contribution in [-0.2, 0) is 19.5 Å². The summed E-state index contributed by atoms with van der Waals surface area (Å²) in [6.45, 7) is 4.16. The molecule has 40 heavy (non-hydrogen) atoms. The van der Waals surface area contributed by atoms with Crippen molar-refractivity contribution in [1.29, 1.82) is 0 Å². The Morgan fingerprint density at radius 1 is 0.850 bits per heavy atom.